The van der Waals surface area contributed by atoms with Gasteiger partial charge in [-0.15, -0.1) is 11.3 Å². The van der Waals surface area contributed by atoms with E-state index in [1.165, 1.54) is 22.6 Å². The minimum absolute atomic E-state index is 0.142. The molecule has 0 aliphatic rings. The quantitative estimate of drug-likeness (QED) is 0.367. The minimum atomic E-state index is -1.30. The van der Waals surface area contributed by atoms with Gasteiger partial charge in [0.2, 0.25) is 0 Å². The summed E-state index contributed by atoms with van der Waals surface area (Å²) in [6.07, 6.45) is 0. The molecule has 4 rings (SSSR count). The molecular weight excluding hydrogens is 357 g/mol. The topological polar surface area (TPSA) is 3.24 Å². The number of hydrogen-bond donors (Lipinski definition) is 0. The van der Waals surface area contributed by atoms with Crippen molar-refractivity contribution >= 4 is 56.1 Å². The summed E-state index contributed by atoms with van der Waals surface area (Å²) in [7, 11) is 0.782. The van der Waals surface area contributed by atoms with E-state index in [0.29, 0.717) is 0 Å². The van der Waals surface area contributed by atoms with Gasteiger partial charge < -0.3 is 4.90 Å². The van der Waals surface area contributed by atoms with Crippen LogP contribution in [0.1, 0.15) is 0 Å². The van der Waals surface area contributed by atoms with E-state index in [4.69, 9.17) is 0 Å². The van der Waals surface area contributed by atoms with E-state index in [9.17, 15) is 4.39 Å². The Morgan fingerprint density at radius 1 is 0.808 bits per heavy atom. The van der Waals surface area contributed by atoms with Gasteiger partial charge in [0.05, 0.1) is 23.2 Å². The summed E-state index contributed by atoms with van der Waals surface area (Å²) in [5.74, 6) is -0.142. The predicted molar refractivity (Wildman–Crippen MR) is 117 cm³/mol. The summed E-state index contributed by atoms with van der Waals surface area (Å²) in [5.41, 5.74) is 2.27. The molecule has 0 fully saturated rings. The summed E-state index contributed by atoms with van der Waals surface area (Å²) in [5, 5.41) is 3.57. The second-order valence-electron chi connectivity index (χ2n) is 7.73. The Balaban J connectivity index is 1.83. The van der Waals surface area contributed by atoms with Crippen LogP contribution in [0.5, 0.6) is 0 Å². The van der Waals surface area contributed by atoms with E-state index in [1.54, 1.807) is 6.07 Å². The van der Waals surface area contributed by atoms with Crippen molar-refractivity contribution in [1.82, 2.24) is 0 Å². The normalized spacial score (nSPS) is 12.0. The van der Waals surface area contributed by atoms with Crippen molar-refractivity contribution in [2.75, 3.05) is 11.9 Å². The highest BCUT2D eigenvalue weighted by atomic mass is 32.1. The van der Waals surface area contributed by atoms with Crippen LogP contribution in [0.3, 0.4) is 0 Å². The zero-order valence-electron chi connectivity index (χ0n) is 15.5. The highest BCUT2D eigenvalue weighted by molar-refractivity contribution is 7.26. The Morgan fingerprint density at radius 2 is 1.42 bits per heavy atom. The molecule has 0 amide bonds. The summed E-state index contributed by atoms with van der Waals surface area (Å²) in [6.45, 7) is 7.08. The van der Waals surface area contributed by atoms with E-state index >= 15 is 0 Å². The molecule has 0 saturated heterocycles. The Hall–Kier alpha value is -2.17. The lowest BCUT2D eigenvalue weighted by Gasteiger charge is -2.22. The number of hydrogen-bond acceptors (Lipinski definition) is 2. The van der Waals surface area contributed by atoms with Crippen LogP contribution in [-0.2, 0) is 0 Å². The Morgan fingerprint density at radius 3 is 2.08 bits per heavy atom. The van der Waals surface area contributed by atoms with Gasteiger partial charge in [-0.05, 0) is 24.3 Å². The molecule has 1 nitrogen and oxygen atoms in total. The van der Waals surface area contributed by atoms with Crippen molar-refractivity contribution in [2.24, 2.45) is 0 Å². The van der Waals surface area contributed by atoms with Crippen molar-refractivity contribution in [3.8, 4) is 0 Å². The fourth-order valence-corrected chi connectivity index (χ4v) is 5.78. The van der Waals surface area contributed by atoms with Crippen LogP contribution in [0.4, 0.5) is 15.8 Å². The van der Waals surface area contributed by atoms with Crippen LogP contribution in [0.2, 0.25) is 19.6 Å². The van der Waals surface area contributed by atoms with Gasteiger partial charge in [-0.1, -0.05) is 61.2 Å². The van der Waals surface area contributed by atoms with Crippen LogP contribution in [-0.4, -0.2) is 15.1 Å². The van der Waals surface area contributed by atoms with E-state index in [1.807, 2.05) is 6.07 Å². The highest BCUT2D eigenvalue weighted by Crippen LogP contribution is 2.41. The lowest BCUT2D eigenvalue weighted by Crippen LogP contribution is -2.37. The molecule has 1 heterocycles. The maximum Gasteiger partial charge on any atom is 0.141 e. The second kappa shape index (κ2) is 6.22. The third-order valence-electron chi connectivity index (χ3n) is 4.94. The van der Waals surface area contributed by atoms with Crippen molar-refractivity contribution in [3.63, 3.8) is 0 Å². The van der Waals surface area contributed by atoms with Gasteiger partial charge in [-0.2, -0.15) is 0 Å². The lowest BCUT2D eigenvalue weighted by molar-refractivity contribution is 0.642. The maximum atomic E-state index is 14.2. The van der Waals surface area contributed by atoms with Gasteiger partial charge in [0.1, 0.15) is 5.82 Å². The van der Waals surface area contributed by atoms with E-state index < -0.39 is 8.07 Å². The zero-order valence-corrected chi connectivity index (χ0v) is 17.3. The first-order valence-corrected chi connectivity index (χ1v) is 13.1. The van der Waals surface area contributed by atoms with Crippen LogP contribution in [0.25, 0.3) is 20.2 Å². The number of thiophene rings is 1. The van der Waals surface area contributed by atoms with Gasteiger partial charge in [0, 0.05) is 23.5 Å². The molecule has 132 valence electrons. The SMILES string of the molecule is CN(c1ccc([Si](C)(C)C)cc1)c1cccc2c1sc1c(F)cccc12. The van der Waals surface area contributed by atoms with Crippen molar-refractivity contribution in [2.45, 2.75) is 19.6 Å². The maximum absolute atomic E-state index is 14.2. The Bertz CT molecular complexity index is 1090. The molecule has 3 aromatic carbocycles. The predicted octanol–water partition coefficient (Wildman–Crippen LogP) is 6.51. The molecule has 0 spiro atoms. The monoisotopic (exact) mass is 379 g/mol. The number of benzene rings is 3. The number of nitrogens with zero attached hydrogens (tertiary/aromatic N) is 1. The number of rotatable bonds is 3. The minimum Gasteiger partial charge on any atom is -0.343 e. The number of fused-ring (bicyclic) bond motifs is 3. The van der Waals surface area contributed by atoms with E-state index in [0.717, 1.165) is 31.5 Å². The Kier molecular flexibility index (Phi) is 4.12. The molecule has 0 aliphatic carbocycles. The first-order chi connectivity index (χ1) is 12.4. The molecule has 26 heavy (non-hydrogen) atoms. The first-order valence-electron chi connectivity index (χ1n) is 8.80. The second-order valence-corrected chi connectivity index (χ2v) is 13.8. The van der Waals surface area contributed by atoms with Gasteiger partial charge in [0.15, 0.2) is 0 Å². The summed E-state index contributed by atoms with van der Waals surface area (Å²) < 4.78 is 16.1. The summed E-state index contributed by atoms with van der Waals surface area (Å²) in [6, 6.07) is 20.5. The van der Waals surface area contributed by atoms with Crippen LogP contribution in [0.15, 0.2) is 60.7 Å². The molecule has 1 aromatic heterocycles. The van der Waals surface area contributed by atoms with Crippen molar-refractivity contribution in [1.29, 1.82) is 0 Å². The third-order valence-corrected chi connectivity index (χ3v) is 8.26. The fourth-order valence-electron chi connectivity index (χ4n) is 3.36. The van der Waals surface area contributed by atoms with Crippen molar-refractivity contribution < 1.29 is 4.39 Å². The Labute approximate surface area is 158 Å². The molecule has 0 aliphatic heterocycles. The molecule has 0 unspecified atom stereocenters. The van der Waals surface area contributed by atoms with Gasteiger partial charge in [0.25, 0.3) is 0 Å². The average molecular weight is 380 g/mol. The van der Waals surface area contributed by atoms with E-state index in [-0.39, 0.29) is 5.82 Å². The molecule has 4 heteroatoms. The lowest BCUT2D eigenvalue weighted by atomic mass is 10.1. The first kappa shape index (κ1) is 17.3. The van der Waals surface area contributed by atoms with E-state index in [2.05, 4.69) is 74.1 Å². The highest BCUT2D eigenvalue weighted by Gasteiger charge is 2.17. The molecular formula is C22H22FNSSi. The average Bonchev–Trinajstić information content (AvgIpc) is 3.01. The molecule has 0 radical (unpaired) electrons. The summed E-state index contributed by atoms with van der Waals surface area (Å²) in [4.78, 5) is 2.20. The standard InChI is InChI=1S/C22H22FNSSi/c1-24(15-11-13-16(14-12-15)26(2,3)4)20-10-6-8-18-17-7-5-9-19(23)21(17)25-22(18)20/h5-14H,1-4H3. The molecule has 0 bridgehead atoms. The molecule has 4 aromatic rings. The molecule has 0 saturated carbocycles. The molecule has 0 atom stereocenters. The van der Waals surface area contributed by atoms with Gasteiger partial charge in [-0.25, -0.2) is 4.39 Å². The number of anilines is 2. The fraction of sp³-hybridized carbons (Fsp3) is 0.182. The van der Waals surface area contributed by atoms with Crippen LogP contribution in [0, 0.1) is 5.82 Å². The van der Waals surface area contributed by atoms with Gasteiger partial charge in [-0.3, -0.25) is 0 Å². The molecule has 0 N–H and O–H groups in total. The van der Waals surface area contributed by atoms with Crippen LogP contribution >= 0.6 is 11.3 Å². The zero-order chi connectivity index (χ0) is 18.5. The van der Waals surface area contributed by atoms with Gasteiger partial charge >= 0.3 is 0 Å². The van der Waals surface area contributed by atoms with Crippen molar-refractivity contribution in [3.05, 3.63) is 66.5 Å². The van der Waals surface area contributed by atoms with Crippen LogP contribution < -0.4 is 10.1 Å². The third kappa shape index (κ3) is 2.83. The summed E-state index contributed by atoms with van der Waals surface area (Å²) >= 11 is 1.54. The largest absolute Gasteiger partial charge is 0.343 e. The number of halogens is 1. The smallest absolute Gasteiger partial charge is 0.141 e.